The van der Waals surface area contributed by atoms with Gasteiger partial charge in [0.1, 0.15) is 13.2 Å². The van der Waals surface area contributed by atoms with E-state index in [9.17, 15) is 0 Å². The number of nitrogens with one attached hydrogen (secondary N) is 1. The van der Waals surface area contributed by atoms with Crippen molar-refractivity contribution in [3.05, 3.63) is 23.8 Å². The summed E-state index contributed by atoms with van der Waals surface area (Å²) in [4.78, 5) is 0. The standard InChI is InChI=1S/C11H15NO2.C2H6/c1-12-5-4-9-2-3-10-11(8-9)14-7-6-13-10;1-2/h2-3,8,12H,4-7H2,1H3;1-2H3. The maximum atomic E-state index is 5.50. The van der Waals surface area contributed by atoms with Gasteiger partial charge in [-0.1, -0.05) is 19.9 Å². The molecule has 0 amide bonds. The van der Waals surface area contributed by atoms with E-state index in [-0.39, 0.29) is 0 Å². The van der Waals surface area contributed by atoms with Crippen LogP contribution in [0.2, 0.25) is 0 Å². The van der Waals surface area contributed by atoms with Crippen LogP contribution in [0.15, 0.2) is 18.2 Å². The van der Waals surface area contributed by atoms with Crippen molar-refractivity contribution >= 4 is 0 Å². The van der Waals surface area contributed by atoms with Gasteiger partial charge in [0.05, 0.1) is 0 Å². The lowest BCUT2D eigenvalue weighted by Crippen LogP contribution is -2.16. The summed E-state index contributed by atoms with van der Waals surface area (Å²) in [5.74, 6) is 1.74. The molecular weight excluding hydrogens is 202 g/mol. The molecular formula is C13H21NO2. The highest BCUT2D eigenvalue weighted by atomic mass is 16.6. The summed E-state index contributed by atoms with van der Waals surface area (Å²) in [6.45, 7) is 6.30. The van der Waals surface area contributed by atoms with Crippen LogP contribution in [0, 0.1) is 0 Å². The molecule has 1 aliphatic rings. The van der Waals surface area contributed by atoms with E-state index in [1.807, 2.05) is 27.0 Å². The first kappa shape index (κ1) is 12.8. The van der Waals surface area contributed by atoms with Crippen LogP contribution in [0.3, 0.4) is 0 Å². The summed E-state index contributed by atoms with van der Waals surface area (Å²) in [5.41, 5.74) is 1.28. The van der Waals surface area contributed by atoms with E-state index in [2.05, 4.69) is 17.4 Å². The van der Waals surface area contributed by atoms with Crippen molar-refractivity contribution in [3.8, 4) is 11.5 Å². The van der Waals surface area contributed by atoms with Crippen LogP contribution < -0.4 is 14.8 Å². The summed E-state index contributed by atoms with van der Waals surface area (Å²) >= 11 is 0. The minimum absolute atomic E-state index is 0.655. The predicted molar refractivity (Wildman–Crippen MR) is 66.4 cm³/mol. The highest BCUT2D eigenvalue weighted by Crippen LogP contribution is 2.30. The van der Waals surface area contributed by atoms with Gasteiger partial charge in [0.15, 0.2) is 11.5 Å². The molecule has 0 fully saturated rings. The summed E-state index contributed by atoms with van der Waals surface area (Å²) < 4.78 is 10.9. The Morgan fingerprint density at radius 2 is 1.81 bits per heavy atom. The molecule has 0 saturated carbocycles. The Morgan fingerprint density at radius 1 is 1.12 bits per heavy atom. The summed E-state index contributed by atoms with van der Waals surface area (Å²) in [6.07, 6.45) is 1.02. The van der Waals surface area contributed by atoms with Crippen molar-refractivity contribution in [1.29, 1.82) is 0 Å². The average molecular weight is 223 g/mol. The molecule has 0 atom stereocenters. The summed E-state index contributed by atoms with van der Waals surface area (Å²) in [6, 6.07) is 6.14. The second-order valence-corrected chi connectivity index (χ2v) is 3.33. The topological polar surface area (TPSA) is 30.5 Å². The molecule has 16 heavy (non-hydrogen) atoms. The molecule has 0 aromatic heterocycles. The van der Waals surface area contributed by atoms with Gasteiger partial charge in [0.25, 0.3) is 0 Å². The molecule has 0 spiro atoms. The van der Waals surface area contributed by atoms with E-state index in [4.69, 9.17) is 9.47 Å². The van der Waals surface area contributed by atoms with Gasteiger partial charge in [-0.15, -0.1) is 0 Å². The zero-order valence-corrected chi connectivity index (χ0v) is 10.4. The fourth-order valence-corrected chi connectivity index (χ4v) is 1.51. The highest BCUT2D eigenvalue weighted by molar-refractivity contribution is 5.43. The molecule has 0 unspecified atom stereocenters. The molecule has 0 aliphatic carbocycles. The smallest absolute Gasteiger partial charge is 0.161 e. The van der Waals surface area contributed by atoms with Crippen LogP contribution in [0.5, 0.6) is 11.5 Å². The SMILES string of the molecule is CC.CNCCc1ccc2c(c1)OCCO2. The van der Waals surface area contributed by atoms with Gasteiger partial charge < -0.3 is 14.8 Å². The largest absolute Gasteiger partial charge is 0.486 e. The number of benzene rings is 1. The van der Waals surface area contributed by atoms with Gasteiger partial charge >= 0.3 is 0 Å². The van der Waals surface area contributed by atoms with Crippen molar-refractivity contribution in [3.63, 3.8) is 0 Å². The van der Waals surface area contributed by atoms with Gasteiger partial charge in [0, 0.05) is 0 Å². The Balaban J connectivity index is 0.000000606. The Hall–Kier alpha value is -1.22. The molecule has 0 radical (unpaired) electrons. The lowest BCUT2D eigenvalue weighted by Gasteiger charge is -2.18. The van der Waals surface area contributed by atoms with Crippen molar-refractivity contribution in [1.82, 2.24) is 5.32 Å². The van der Waals surface area contributed by atoms with Crippen LogP contribution >= 0.6 is 0 Å². The van der Waals surface area contributed by atoms with Crippen LogP contribution in [0.1, 0.15) is 19.4 Å². The van der Waals surface area contributed by atoms with E-state index in [1.54, 1.807) is 0 Å². The molecule has 0 saturated heterocycles. The Morgan fingerprint density at radius 3 is 2.50 bits per heavy atom. The van der Waals surface area contributed by atoms with Crippen LogP contribution in [0.25, 0.3) is 0 Å². The van der Waals surface area contributed by atoms with Crippen molar-refractivity contribution < 1.29 is 9.47 Å². The minimum atomic E-state index is 0.655. The zero-order valence-electron chi connectivity index (χ0n) is 10.4. The molecule has 90 valence electrons. The van der Waals surface area contributed by atoms with E-state index in [1.165, 1.54) is 5.56 Å². The van der Waals surface area contributed by atoms with Crippen molar-refractivity contribution in [2.75, 3.05) is 26.8 Å². The normalized spacial score (nSPS) is 12.7. The molecule has 1 aliphatic heterocycles. The number of hydrogen-bond donors (Lipinski definition) is 1. The molecule has 3 nitrogen and oxygen atoms in total. The molecule has 2 rings (SSSR count). The summed E-state index contributed by atoms with van der Waals surface area (Å²) in [5, 5.41) is 3.12. The maximum Gasteiger partial charge on any atom is 0.161 e. The monoisotopic (exact) mass is 223 g/mol. The quantitative estimate of drug-likeness (QED) is 0.852. The van der Waals surface area contributed by atoms with Gasteiger partial charge in [-0.25, -0.2) is 0 Å². The Labute approximate surface area is 97.8 Å². The zero-order chi connectivity index (χ0) is 11.8. The molecule has 0 bridgehead atoms. The van der Waals surface area contributed by atoms with Gasteiger partial charge in [-0.05, 0) is 37.7 Å². The first-order valence-corrected chi connectivity index (χ1v) is 5.93. The highest BCUT2D eigenvalue weighted by Gasteiger charge is 2.10. The summed E-state index contributed by atoms with van der Waals surface area (Å²) in [7, 11) is 1.96. The average Bonchev–Trinajstić information content (AvgIpc) is 2.38. The maximum absolute atomic E-state index is 5.50. The van der Waals surface area contributed by atoms with Crippen LogP contribution in [-0.4, -0.2) is 26.8 Å². The third kappa shape index (κ3) is 3.42. The number of rotatable bonds is 3. The molecule has 1 aromatic carbocycles. The number of hydrogen-bond acceptors (Lipinski definition) is 3. The van der Waals surface area contributed by atoms with Crippen molar-refractivity contribution in [2.45, 2.75) is 20.3 Å². The second kappa shape index (κ2) is 7.12. The lowest BCUT2D eigenvalue weighted by atomic mass is 10.1. The first-order chi connectivity index (χ1) is 7.90. The van der Waals surface area contributed by atoms with E-state index in [0.29, 0.717) is 13.2 Å². The van der Waals surface area contributed by atoms with E-state index in [0.717, 1.165) is 24.5 Å². The number of likely N-dealkylation sites (N-methyl/N-ethyl adjacent to an activating group) is 1. The van der Waals surface area contributed by atoms with Gasteiger partial charge in [0.2, 0.25) is 0 Å². The van der Waals surface area contributed by atoms with Crippen molar-refractivity contribution in [2.24, 2.45) is 0 Å². The molecule has 1 aromatic rings. The fourth-order valence-electron chi connectivity index (χ4n) is 1.51. The minimum Gasteiger partial charge on any atom is -0.486 e. The predicted octanol–water partition coefficient (Wildman–Crippen LogP) is 2.25. The number of fused-ring (bicyclic) bond motifs is 1. The third-order valence-corrected chi connectivity index (χ3v) is 2.27. The number of ether oxygens (including phenoxy) is 2. The second-order valence-electron chi connectivity index (χ2n) is 3.33. The third-order valence-electron chi connectivity index (χ3n) is 2.27. The molecule has 1 heterocycles. The molecule has 3 heteroatoms. The van der Waals surface area contributed by atoms with Gasteiger partial charge in [-0.3, -0.25) is 0 Å². The first-order valence-electron chi connectivity index (χ1n) is 5.93. The van der Waals surface area contributed by atoms with Crippen LogP contribution in [0.4, 0.5) is 0 Å². The Kier molecular flexibility index (Phi) is 5.72. The molecule has 1 N–H and O–H groups in total. The fraction of sp³-hybridized carbons (Fsp3) is 0.538. The Bertz CT molecular complexity index is 313. The van der Waals surface area contributed by atoms with Gasteiger partial charge in [-0.2, -0.15) is 0 Å². The van der Waals surface area contributed by atoms with E-state index < -0.39 is 0 Å². The van der Waals surface area contributed by atoms with Crippen LogP contribution in [-0.2, 0) is 6.42 Å². The van der Waals surface area contributed by atoms with E-state index >= 15 is 0 Å². The lowest BCUT2D eigenvalue weighted by molar-refractivity contribution is 0.171.